The Labute approximate surface area is 123 Å². The highest BCUT2D eigenvalue weighted by Gasteiger charge is 2.17. The summed E-state index contributed by atoms with van der Waals surface area (Å²) >= 11 is 3.50. The molecule has 0 fully saturated rings. The first-order valence-corrected chi connectivity index (χ1v) is 7.95. The maximum Gasteiger partial charge on any atom is 0.148 e. The molecule has 1 unspecified atom stereocenters. The van der Waals surface area contributed by atoms with Crippen molar-refractivity contribution in [1.82, 2.24) is 14.8 Å². The van der Waals surface area contributed by atoms with Gasteiger partial charge in [-0.1, -0.05) is 60.8 Å². The number of alkyl halides is 1. The van der Waals surface area contributed by atoms with Crippen molar-refractivity contribution in [2.24, 2.45) is 0 Å². The van der Waals surface area contributed by atoms with Crippen molar-refractivity contribution in [3.8, 4) is 5.69 Å². The maximum atomic E-state index is 4.40. The third kappa shape index (κ3) is 3.24. The fourth-order valence-corrected chi connectivity index (χ4v) is 2.60. The lowest BCUT2D eigenvalue weighted by atomic mass is 10.0. The topological polar surface area (TPSA) is 30.7 Å². The molecule has 2 aromatic rings. The van der Waals surface area contributed by atoms with Crippen molar-refractivity contribution in [3.63, 3.8) is 0 Å². The summed E-state index contributed by atoms with van der Waals surface area (Å²) in [6.45, 7) is 4.45. The predicted molar refractivity (Wildman–Crippen MR) is 81.9 cm³/mol. The number of hydrogen-bond donors (Lipinski definition) is 0. The van der Waals surface area contributed by atoms with Crippen LogP contribution in [0, 0.1) is 0 Å². The molecule has 1 aromatic heterocycles. The Morgan fingerprint density at radius 2 is 1.95 bits per heavy atom. The average molecular weight is 322 g/mol. The van der Waals surface area contributed by atoms with E-state index in [1.807, 2.05) is 18.2 Å². The molecule has 19 heavy (non-hydrogen) atoms. The molecule has 4 heteroatoms. The van der Waals surface area contributed by atoms with Gasteiger partial charge in [-0.3, -0.25) is 4.57 Å². The highest BCUT2D eigenvalue weighted by molar-refractivity contribution is 9.08. The molecule has 0 saturated heterocycles. The van der Waals surface area contributed by atoms with E-state index in [2.05, 4.69) is 56.7 Å². The van der Waals surface area contributed by atoms with Gasteiger partial charge in [0.25, 0.3) is 0 Å². The second kappa shape index (κ2) is 6.85. The van der Waals surface area contributed by atoms with Gasteiger partial charge in [0.05, 0.1) is 5.33 Å². The fraction of sp³-hybridized carbons (Fsp3) is 0.467. The third-order valence-corrected chi connectivity index (χ3v) is 3.82. The van der Waals surface area contributed by atoms with Crippen molar-refractivity contribution >= 4 is 15.9 Å². The second-order valence-electron chi connectivity index (χ2n) is 4.82. The highest BCUT2D eigenvalue weighted by Crippen LogP contribution is 2.24. The first kappa shape index (κ1) is 14.3. The standard InChI is InChI=1S/C15H20BrN3/c1-3-4-8-12(2)15-18-17-14(11-16)19(15)13-9-6-5-7-10-13/h5-7,9-10,12H,3-4,8,11H2,1-2H3. The van der Waals surface area contributed by atoms with Crippen LogP contribution in [0.5, 0.6) is 0 Å². The molecule has 0 aliphatic rings. The van der Waals surface area contributed by atoms with Gasteiger partial charge >= 0.3 is 0 Å². The van der Waals surface area contributed by atoms with Crippen LogP contribution in [0.15, 0.2) is 30.3 Å². The van der Waals surface area contributed by atoms with Crippen molar-refractivity contribution in [1.29, 1.82) is 0 Å². The second-order valence-corrected chi connectivity index (χ2v) is 5.38. The fourth-order valence-electron chi connectivity index (χ4n) is 2.23. The Morgan fingerprint density at radius 3 is 2.58 bits per heavy atom. The van der Waals surface area contributed by atoms with Gasteiger partial charge in [-0.05, 0) is 18.6 Å². The zero-order valence-electron chi connectivity index (χ0n) is 11.5. The molecule has 0 saturated carbocycles. The van der Waals surface area contributed by atoms with E-state index in [0.29, 0.717) is 5.92 Å². The van der Waals surface area contributed by atoms with Gasteiger partial charge in [-0.2, -0.15) is 0 Å². The largest absolute Gasteiger partial charge is 0.282 e. The van der Waals surface area contributed by atoms with Crippen LogP contribution >= 0.6 is 15.9 Å². The zero-order valence-corrected chi connectivity index (χ0v) is 13.1. The van der Waals surface area contributed by atoms with Crippen LogP contribution in [-0.4, -0.2) is 14.8 Å². The monoisotopic (exact) mass is 321 g/mol. The lowest BCUT2D eigenvalue weighted by Gasteiger charge is -2.14. The number of hydrogen-bond acceptors (Lipinski definition) is 2. The molecule has 1 aromatic carbocycles. The molecule has 0 aliphatic heterocycles. The number of unbranched alkanes of at least 4 members (excludes halogenated alkanes) is 1. The minimum absolute atomic E-state index is 0.431. The molecule has 102 valence electrons. The number of para-hydroxylation sites is 1. The smallest absolute Gasteiger partial charge is 0.148 e. The Kier molecular flexibility index (Phi) is 5.14. The quantitative estimate of drug-likeness (QED) is 0.735. The summed E-state index contributed by atoms with van der Waals surface area (Å²) in [6.07, 6.45) is 3.60. The lowest BCUT2D eigenvalue weighted by molar-refractivity contribution is 0.585. The molecule has 0 aliphatic carbocycles. The van der Waals surface area contributed by atoms with E-state index in [1.165, 1.54) is 12.8 Å². The summed E-state index contributed by atoms with van der Waals surface area (Å²) < 4.78 is 2.18. The molecular formula is C15H20BrN3. The maximum absolute atomic E-state index is 4.40. The van der Waals surface area contributed by atoms with Crippen molar-refractivity contribution in [2.45, 2.75) is 44.4 Å². The van der Waals surface area contributed by atoms with Crippen LogP contribution in [0.4, 0.5) is 0 Å². The van der Waals surface area contributed by atoms with Crippen LogP contribution in [0.2, 0.25) is 0 Å². The molecule has 1 heterocycles. The van der Waals surface area contributed by atoms with Gasteiger partial charge in [0.1, 0.15) is 11.6 Å². The van der Waals surface area contributed by atoms with Crippen LogP contribution in [0.3, 0.4) is 0 Å². The van der Waals surface area contributed by atoms with Gasteiger partial charge in [-0.15, -0.1) is 10.2 Å². The summed E-state index contributed by atoms with van der Waals surface area (Å²) in [5, 5.41) is 9.42. The zero-order chi connectivity index (χ0) is 13.7. The molecule has 0 N–H and O–H groups in total. The Morgan fingerprint density at radius 1 is 1.21 bits per heavy atom. The van der Waals surface area contributed by atoms with Gasteiger partial charge in [0.2, 0.25) is 0 Å². The van der Waals surface area contributed by atoms with Crippen molar-refractivity contribution in [2.75, 3.05) is 0 Å². The number of nitrogens with zero attached hydrogens (tertiary/aromatic N) is 3. The SMILES string of the molecule is CCCCC(C)c1nnc(CBr)n1-c1ccccc1. The van der Waals surface area contributed by atoms with Crippen molar-refractivity contribution < 1.29 is 0 Å². The van der Waals surface area contributed by atoms with Crippen molar-refractivity contribution in [3.05, 3.63) is 42.0 Å². The summed E-state index contributed by atoms with van der Waals surface area (Å²) in [6, 6.07) is 10.3. The van der Waals surface area contributed by atoms with Crippen LogP contribution < -0.4 is 0 Å². The number of rotatable bonds is 6. The summed E-state index contributed by atoms with van der Waals surface area (Å²) in [4.78, 5) is 0. The summed E-state index contributed by atoms with van der Waals surface area (Å²) in [7, 11) is 0. The van der Waals surface area contributed by atoms with Crippen LogP contribution in [0.25, 0.3) is 5.69 Å². The third-order valence-electron chi connectivity index (χ3n) is 3.32. The van der Waals surface area contributed by atoms with E-state index >= 15 is 0 Å². The molecule has 0 radical (unpaired) electrons. The molecule has 0 amide bonds. The first-order valence-electron chi connectivity index (χ1n) is 6.83. The normalized spacial score (nSPS) is 12.6. The summed E-state index contributed by atoms with van der Waals surface area (Å²) in [5.41, 5.74) is 1.14. The van der Waals surface area contributed by atoms with E-state index in [4.69, 9.17) is 0 Å². The molecule has 3 nitrogen and oxygen atoms in total. The Hall–Kier alpha value is -1.16. The molecule has 0 bridgehead atoms. The molecule has 0 spiro atoms. The summed E-state index contributed by atoms with van der Waals surface area (Å²) in [5.74, 6) is 2.46. The minimum atomic E-state index is 0.431. The van der Waals surface area contributed by atoms with E-state index in [1.54, 1.807) is 0 Å². The van der Waals surface area contributed by atoms with Crippen LogP contribution in [0.1, 0.15) is 50.7 Å². The molecule has 2 rings (SSSR count). The van der Waals surface area contributed by atoms with Gasteiger partial charge < -0.3 is 0 Å². The van der Waals surface area contributed by atoms with Gasteiger partial charge in [0, 0.05) is 11.6 Å². The first-order chi connectivity index (χ1) is 9.27. The van der Waals surface area contributed by atoms with E-state index in [0.717, 1.165) is 29.1 Å². The number of benzene rings is 1. The predicted octanol–water partition coefficient (Wildman–Crippen LogP) is 4.46. The Bertz CT molecular complexity index is 507. The average Bonchev–Trinajstić information content (AvgIpc) is 2.89. The van der Waals surface area contributed by atoms with Gasteiger partial charge in [0.15, 0.2) is 0 Å². The van der Waals surface area contributed by atoms with Crippen LogP contribution in [-0.2, 0) is 5.33 Å². The molecule has 1 atom stereocenters. The highest BCUT2D eigenvalue weighted by atomic mass is 79.9. The van der Waals surface area contributed by atoms with E-state index in [-0.39, 0.29) is 0 Å². The molecular weight excluding hydrogens is 302 g/mol. The van der Waals surface area contributed by atoms with Gasteiger partial charge in [-0.25, -0.2) is 0 Å². The van der Waals surface area contributed by atoms with E-state index < -0.39 is 0 Å². The number of halogens is 1. The Balaban J connectivity index is 2.37. The van der Waals surface area contributed by atoms with E-state index in [9.17, 15) is 0 Å². The minimum Gasteiger partial charge on any atom is -0.282 e. The lowest BCUT2D eigenvalue weighted by Crippen LogP contribution is -2.07. The number of aromatic nitrogens is 3.